The lowest BCUT2D eigenvalue weighted by molar-refractivity contribution is 0.354. The summed E-state index contributed by atoms with van der Waals surface area (Å²) in [5, 5.41) is 7.70. The Morgan fingerprint density at radius 2 is 1.92 bits per heavy atom. The minimum Gasteiger partial charge on any atom is -0.493 e. The summed E-state index contributed by atoms with van der Waals surface area (Å²) in [5.41, 5.74) is 6.88. The summed E-state index contributed by atoms with van der Waals surface area (Å²) in [6.45, 7) is 4.08. The van der Waals surface area contributed by atoms with E-state index in [1.807, 2.05) is 37.3 Å². The van der Waals surface area contributed by atoms with Crippen LogP contribution in [-0.2, 0) is 0 Å². The molecule has 2 aromatic rings. The van der Waals surface area contributed by atoms with Crippen LogP contribution in [-0.4, -0.2) is 25.5 Å². The van der Waals surface area contributed by atoms with Gasteiger partial charge in [-0.15, -0.1) is 0 Å². The van der Waals surface area contributed by atoms with Gasteiger partial charge in [0.1, 0.15) is 0 Å². The first-order valence-electron chi connectivity index (χ1n) is 7.43. The van der Waals surface area contributed by atoms with Gasteiger partial charge in [-0.05, 0) is 49.8 Å². The molecule has 0 aromatic heterocycles. The third-order valence-corrected chi connectivity index (χ3v) is 3.63. The molecular formula is C18H21N3O2S. The summed E-state index contributed by atoms with van der Waals surface area (Å²) in [4.78, 5) is 0. The van der Waals surface area contributed by atoms with Gasteiger partial charge in [0, 0.05) is 11.3 Å². The number of thiocarbonyl (C=S) groups is 1. The first-order valence-corrected chi connectivity index (χ1v) is 7.84. The minimum absolute atomic E-state index is 0.417. The van der Waals surface area contributed by atoms with E-state index in [-0.39, 0.29) is 0 Å². The van der Waals surface area contributed by atoms with Gasteiger partial charge in [-0.2, -0.15) is 5.10 Å². The largest absolute Gasteiger partial charge is 0.493 e. The van der Waals surface area contributed by atoms with E-state index in [0.717, 1.165) is 16.8 Å². The van der Waals surface area contributed by atoms with Crippen molar-refractivity contribution >= 4 is 29.2 Å². The van der Waals surface area contributed by atoms with E-state index in [2.05, 4.69) is 28.8 Å². The van der Waals surface area contributed by atoms with Crippen LogP contribution >= 0.6 is 12.2 Å². The van der Waals surface area contributed by atoms with E-state index in [9.17, 15) is 0 Å². The number of nitrogens with zero attached hydrogens (tertiary/aromatic N) is 1. The molecule has 2 aromatic carbocycles. The van der Waals surface area contributed by atoms with E-state index in [1.165, 1.54) is 5.56 Å². The molecule has 0 unspecified atom stereocenters. The molecule has 0 saturated carbocycles. The normalized spacial score (nSPS) is 10.5. The molecule has 0 fully saturated rings. The average Bonchev–Trinajstić information content (AvgIpc) is 2.57. The van der Waals surface area contributed by atoms with E-state index < -0.39 is 0 Å². The van der Waals surface area contributed by atoms with Crippen LogP contribution in [0.1, 0.15) is 16.7 Å². The summed E-state index contributed by atoms with van der Waals surface area (Å²) in [6, 6.07) is 11.7. The minimum atomic E-state index is 0.417. The first kappa shape index (κ1) is 17.7. The lowest BCUT2D eigenvalue weighted by atomic mass is 10.1. The van der Waals surface area contributed by atoms with Gasteiger partial charge < -0.3 is 14.8 Å². The third kappa shape index (κ3) is 4.45. The van der Waals surface area contributed by atoms with Gasteiger partial charge in [-0.25, -0.2) is 0 Å². The fraction of sp³-hybridized carbons (Fsp3) is 0.222. The average molecular weight is 343 g/mol. The molecule has 0 aliphatic heterocycles. The van der Waals surface area contributed by atoms with Crippen molar-refractivity contribution in [3.8, 4) is 11.5 Å². The zero-order chi connectivity index (χ0) is 17.5. The van der Waals surface area contributed by atoms with Gasteiger partial charge in [-0.1, -0.05) is 23.8 Å². The van der Waals surface area contributed by atoms with E-state index in [1.54, 1.807) is 20.4 Å². The van der Waals surface area contributed by atoms with Gasteiger partial charge in [0.15, 0.2) is 16.6 Å². The summed E-state index contributed by atoms with van der Waals surface area (Å²) in [6.07, 6.45) is 1.64. The monoisotopic (exact) mass is 343 g/mol. The highest BCUT2D eigenvalue weighted by molar-refractivity contribution is 7.80. The van der Waals surface area contributed by atoms with Crippen molar-refractivity contribution in [2.75, 3.05) is 19.5 Å². The zero-order valence-electron chi connectivity index (χ0n) is 14.2. The van der Waals surface area contributed by atoms with Crippen LogP contribution < -0.4 is 20.2 Å². The van der Waals surface area contributed by atoms with Crippen LogP contribution in [0.4, 0.5) is 5.69 Å². The molecule has 2 rings (SSSR count). The number of hydrogen-bond acceptors (Lipinski definition) is 4. The second-order valence-corrected chi connectivity index (χ2v) is 5.63. The quantitative estimate of drug-likeness (QED) is 0.493. The Hall–Kier alpha value is -2.60. The summed E-state index contributed by atoms with van der Waals surface area (Å²) >= 11 is 5.26. The van der Waals surface area contributed by atoms with Crippen LogP contribution in [0.2, 0.25) is 0 Å². The molecule has 0 heterocycles. The van der Waals surface area contributed by atoms with Gasteiger partial charge >= 0.3 is 0 Å². The van der Waals surface area contributed by atoms with Crippen molar-refractivity contribution in [3.63, 3.8) is 0 Å². The second kappa shape index (κ2) is 8.31. The molecule has 5 nitrogen and oxygen atoms in total. The maximum atomic E-state index is 5.35. The van der Waals surface area contributed by atoms with Crippen LogP contribution in [0.25, 0.3) is 0 Å². The van der Waals surface area contributed by atoms with Crippen molar-refractivity contribution in [2.45, 2.75) is 13.8 Å². The Morgan fingerprint density at radius 3 is 2.58 bits per heavy atom. The lowest BCUT2D eigenvalue weighted by Gasteiger charge is -2.11. The number of methoxy groups -OCH3 is 2. The SMILES string of the molecule is COc1cccc(/C=N\NC(=S)Nc2ccc(C)cc2C)c1OC. The van der Waals surface area contributed by atoms with Crippen molar-refractivity contribution < 1.29 is 9.47 Å². The molecule has 2 N–H and O–H groups in total. The number of para-hydroxylation sites is 1. The predicted molar refractivity (Wildman–Crippen MR) is 102 cm³/mol. The van der Waals surface area contributed by atoms with Crippen molar-refractivity contribution in [1.29, 1.82) is 0 Å². The molecule has 0 bridgehead atoms. The number of anilines is 1. The maximum Gasteiger partial charge on any atom is 0.191 e. The molecule has 24 heavy (non-hydrogen) atoms. The standard InChI is InChI=1S/C18H21N3O2S/c1-12-8-9-15(13(2)10-12)20-18(24)21-19-11-14-6-5-7-16(22-3)17(14)23-4/h5-11H,1-4H3,(H2,20,21,24)/b19-11-. The van der Waals surface area contributed by atoms with Crippen molar-refractivity contribution in [1.82, 2.24) is 5.43 Å². The Morgan fingerprint density at radius 1 is 1.12 bits per heavy atom. The van der Waals surface area contributed by atoms with Crippen LogP contribution in [0.5, 0.6) is 11.5 Å². The van der Waals surface area contributed by atoms with Crippen LogP contribution in [0.3, 0.4) is 0 Å². The molecule has 0 atom stereocenters. The van der Waals surface area contributed by atoms with Gasteiger partial charge in [0.05, 0.1) is 20.4 Å². The van der Waals surface area contributed by atoms with E-state index in [0.29, 0.717) is 16.6 Å². The number of benzene rings is 2. The molecule has 0 aliphatic carbocycles. The number of hydrazone groups is 1. The Labute approximate surface area is 147 Å². The maximum absolute atomic E-state index is 5.35. The molecule has 0 amide bonds. The van der Waals surface area contributed by atoms with Crippen molar-refractivity contribution in [3.05, 3.63) is 53.1 Å². The zero-order valence-corrected chi connectivity index (χ0v) is 15.0. The Balaban J connectivity index is 2.02. The summed E-state index contributed by atoms with van der Waals surface area (Å²) in [5.74, 6) is 1.27. The topological polar surface area (TPSA) is 54.9 Å². The van der Waals surface area contributed by atoms with E-state index in [4.69, 9.17) is 21.7 Å². The Kier molecular flexibility index (Phi) is 6.14. The highest BCUT2D eigenvalue weighted by Crippen LogP contribution is 2.29. The van der Waals surface area contributed by atoms with Gasteiger partial charge in [-0.3, -0.25) is 5.43 Å². The smallest absolute Gasteiger partial charge is 0.191 e. The Bertz CT molecular complexity index is 760. The highest BCUT2D eigenvalue weighted by atomic mass is 32.1. The first-order chi connectivity index (χ1) is 11.5. The number of nitrogens with one attached hydrogen (secondary N) is 2. The molecule has 0 radical (unpaired) electrons. The number of hydrogen-bond donors (Lipinski definition) is 2. The fourth-order valence-corrected chi connectivity index (χ4v) is 2.44. The van der Waals surface area contributed by atoms with Crippen LogP contribution in [0, 0.1) is 13.8 Å². The van der Waals surface area contributed by atoms with E-state index >= 15 is 0 Å². The molecule has 0 spiro atoms. The molecule has 0 saturated heterocycles. The summed E-state index contributed by atoms with van der Waals surface area (Å²) in [7, 11) is 3.19. The number of ether oxygens (including phenoxy) is 2. The van der Waals surface area contributed by atoms with Gasteiger partial charge in [0.2, 0.25) is 0 Å². The lowest BCUT2D eigenvalue weighted by Crippen LogP contribution is -2.24. The number of aryl methyl sites for hydroxylation is 2. The molecular weight excluding hydrogens is 322 g/mol. The van der Waals surface area contributed by atoms with Crippen molar-refractivity contribution in [2.24, 2.45) is 5.10 Å². The molecule has 0 aliphatic rings. The number of rotatable bonds is 5. The summed E-state index contributed by atoms with van der Waals surface area (Å²) < 4.78 is 10.6. The highest BCUT2D eigenvalue weighted by Gasteiger charge is 2.07. The molecule has 6 heteroatoms. The van der Waals surface area contributed by atoms with Crippen LogP contribution in [0.15, 0.2) is 41.5 Å². The predicted octanol–water partition coefficient (Wildman–Crippen LogP) is 3.64. The molecule has 126 valence electrons. The second-order valence-electron chi connectivity index (χ2n) is 5.23. The third-order valence-electron chi connectivity index (χ3n) is 3.43. The fourth-order valence-electron chi connectivity index (χ4n) is 2.28. The van der Waals surface area contributed by atoms with Gasteiger partial charge in [0.25, 0.3) is 0 Å².